The van der Waals surface area contributed by atoms with Crippen molar-refractivity contribution < 1.29 is 24.1 Å². The van der Waals surface area contributed by atoms with E-state index >= 15 is 0 Å². The van der Waals surface area contributed by atoms with Gasteiger partial charge in [0.2, 0.25) is 8.32 Å². The van der Waals surface area contributed by atoms with E-state index in [4.69, 9.17) is 13.9 Å². The Bertz CT molecular complexity index is 1070. The van der Waals surface area contributed by atoms with Gasteiger partial charge in [-0.2, -0.15) is 0 Å². The Morgan fingerprint density at radius 3 is 2.40 bits per heavy atom. The molecule has 7 atom stereocenters. The van der Waals surface area contributed by atoms with Crippen molar-refractivity contribution >= 4 is 8.32 Å². The summed E-state index contributed by atoms with van der Waals surface area (Å²) in [5, 5.41) is 24.5. The molecule has 1 heterocycles. The smallest absolute Gasteiger partial charge is 0.250 e. The molecule has 0 bridgehead atoms. The molecular formula is C34H56O5Si. The second-order valence-electron chi connectivity index (χ2n) is 15.8. The molecule has 1 aromatic rings. The van der Waals surface area contributed by atoms with E-state index in [1.165, 1.54) is 11.1 Å². The Balaban J connectivity index is 1.40. The second kappa shape index (κ2) is 10.4. The molecule has 3 aliphatic carbocycles. The molecule has 5 rings (SSSR count). The number of hydrogen-bond acceptors (Lipinski definition) is 5. The Hall–Kier alpha value is -0.923. The molecule has 1 aliphatic heterocycles. The molecule has 0 radical (unpaired) electrons. The van der Waals surface area contributed by atoms with Crippen molar-refractivity contribution in [2.75, 3.05) is 13.2 Å². The average molecular weight is 573 g/mol. The van der Waals surface area contributed by atoms with Gasteiger partial charge >= 0.3 is 0 Å². The normalized spacial score (nSPS) is 36.2. The molecule has 40 heavy (non-hydrogen) atoms. The molecule has 1 aromatic carbocycles. The third-order valence-corrected chi connectivity index (χ3v) is 16.7. The number of rotatable bonds is 7. The zero-order chi connectivity index (χ0) is 29.3. The summed E-state index contributed by atoms with van der Waals surface area (Å²) >= 11 is 0. The Labute approximate surface area is 244 Å². The molecule has 0 unspecified atom stereocenters. The first-order valence-corrected chi connectivity index (χ1v) is 19.0. The fourth-order valence-corrected chi connectivity index (χ4v) is 9.83. The number of ether oxygens (including phenoxy) is 2. The summed E-state index contributed by atoms with van der Waals surface area (Å²) in [6.45, 7) is 21.4. The molecule has 5 nitrogen and oxygen atoms in total. The predicted octanol–water partition coefficient (Wildman–Crippen LogP) is 7.44. The summed E-state index contributed by atoms with van der Waals surface area (Å²) in [6, 6.07) is 6.85. The van der Waals surface area contributed by atoms with Crippen LogP contribution in [-0.4, -0.2) is 49.2 Å². The Morgan fingerprint density at radius 1 is 1.10 bits per heavy atom. The van der Waals surface area contributed by atoms with Crippen molar-refractivity contribution in [3.05, 3.63) is 29.3 Å². The highest BCUT2D eigenvalue weighted by atomic mass is 28.4. The Kier molecular flexibility index (Phi) is 7.91. The maximum Gasteiger partial charge on any atom is 0.250 e. The van der Waals surface area contributed by atoms with E-state index in [9.17, 15) is 10.2 Å². The first-order chi connectivity index (χ1) is 18.6. The van der Waals surface area contributed by atoms with Crippen LogP contribution in [0.1, 0.15) is 104 Å². The van der Waals surface area contributed by atoms with Crippen LogP contribution in [0.5, 0.6) is 5.75 Å². The van der Waals surface area contributed by atoms with Gasteiger partial charge in [-0.25, -0.2) is 0 Å². The Morgan fingerprint density at radius 2 is 1.77 bits per heavy atom. The second-order valence-corrected chi connectivity index (χ2v) is 20.6. The molecule has 3 fully saturated rings. The number of aryl methyl sites for hydroxylation is 1. The van der Waals surface area contributed by atoms with E-state index in [1.54, 1.807) is 0 Å². The third-order valence-electron chi connectivity index (χ3n) is 12.3. The fraction of sp³-hybridized carbons (Fsp3) is 0.824. The van der Waals surface area contributed by atoms with Gasteiger partial charge in [0.15, 0.2) is 5.79 Å². The molecule has 0 aromatic heterocycles. The fourth-order valence-electron chi connectivity index (χ4n) is 8.81. The van der Waals surface area contributed by atoms with E-state index in [0.717, 1.165) is 44.3 Å². The van der Waals surface area contributed by atoms with Crippen molar-refractivity contribution in [1.29, 1.82) is 0 Å². The van der Waals surface area contributed by atoms with Crippen LogP contribution in [0.3, 0.4) is 0 Å². The lowest BCUT2D eigenvalue weighted by Crippen LogP contribution is -2.63. The summed E-state index contributed by atoms with van der Waals surface area (Å²) in [5.41, 5.74) is 1.28. The standard InChI is InChI=1S/C34H56O5Si/c1-22(2)14-17-33(37-18-19-38-33)23(3)34(36)30(35)21-29-28-12-10-24-20-25(39-40(8,9)31(4,5)6)11-13-26(24)27(28)15-16-32(29,34)7/h11,13,20,22-23,27-30,35-36H,10,12,14-19,21H2,1-9H3/t23-,27-,28-,29+,30-,32+,34-/m1/s1. The molecule has 0 amide bonds. The number of hydrogen-bond donors (Lipinski definition) is 2. The van der Waals surface area contributed by atoms with E-state index < -0.39 is 25.8 Å². The van der Waals surface area contributed by atoms with Crippen molar-refractivity contribution in [2.45, 2.75) is 135 Å². The maximum absolute atomic E-state index is 12.6. The predicted molar refractivity (Wildman–Crippen MR) is 163 cm³/mol. The quantitative estimate of drug-likeness (QED) is 0.332. The highest BCUT2D eigenvalue weighted by Gasteiger charge is 2.70. The van der Waals surface area contributed by atoms with E-state index in [0.29, 0.717) is 37.4 Å². The lowest BCUT2D eigenvalue weighted by molar-refractivity contribution is -0.278. The van der Waals surface area contributed by atoms with Crippen LogP contribution in [0.4, 0.5) is 0 Å². The van der Waals surface area contributed by atoms with Crippen molar-refractivity contribution in [1.82, 2.24) is 0 Å². The maximum atomic E-state index is 12.6. The minimum Gasteiger partial charge on any atom is -0.543 e. The zero-order valence-corrected chi connectivity index (χ0v) is 27.7. The molecule has 2 saturated carbocycles. The highest BCUT2D eigenvalue weighted by Crippen LogP contribution is 2.67. The van der Waals surface area contributed by atoms with E-state index in [-0.39, 0.29) is 22.3 Å². The van der Waals surface area contributed by atoms with Crippen LogP contribution in [0, 0.1) is 29.1 Å². The van der Waals surface area contributed by atoms with E-state index in [2.05, 4.69) is 79.8 Å². The molecule has 6 heteroatoms. The first kappa shape index (κ1) is 30.5. The topological polar surface area (TPSA) is 68.2 Å². The summed E-state index contributed by atoms with van der Waals surface area (Å²) in [5.74, 6) is 1.62. The van der Waals surface area contributed by atoms with Gasteiger partial charge < -0.3 is 24.1 Å². The molecule has 2 N–H and O–H groups in total. The van der Waals surface area contributed by atoms with Gasteiger partial charge in [-0.05, 0) is 104 Å². The lowest BCUT2D eigenvalue weighted by atomic mass is 9.51. The van der Waals surface area contributed by atoms with Crippen molar-refractivity contribution in [3.8, 4) is 5.75 Å². The summed E-state index contributed by atoms with van der Waals surface area (Å²) in [4.78, 5) is 0. The van der Waals surface area contributed by atoms with Crippen LogP contribution in [0.25, 0.3) is 0 Å². The molecule has 4 aliphatic rings. The first-order valence-electron chi connectivity index (χ1n) is 16.1. The molecule has 1 saturated heterocycles. The van der Waals surface area contributed by atoms with Crippen LogP contribution in [-0.2, 0) is 15.9 Å². The monoisotopic (exact) mass is 572 g/mol. The van der Waals surface area contributed by atoms with Crippen LogP contribution in [0.15, 0.2) is 18.2 Å². The molecule has 0 spiro atoms. The molecular weight excluding hydrogens is 516 g/mol. The average Bonchev–Trinajstić information content (AvgIpc) is 3.44. The van der Waals surface area contributed by atoms with Gasteiger partial charge in [-0.15, -0.1) is 0 Å². The summed E-state index contributed by atoms with van der Waals surface area (Å²) in [7, 11) is -1.89. The van der Waals surface area contributed by atoms with Gasteiger partial charge in [0.25, 0.3) is 0 Å². The number of fused-ring (bicyclic) bond motifs is 5. The van der Waals surface area contributed by atoms with Crippen LogP contribution in [0.2, 0.25) is 18.1 Å². The van der Waals surface area contributed by atoms with Crippen molar-refractivity contribution in [3.63, 3.8) is 0 Å². The third kappa shape index (κ3) is 4.72. The van der Waals surface area contributed by atoms with Gasteiger partial charge in [-0.1, -0.05) is 54.5 Å². The van der Waals surface area contributed by atoms with Gasteiger partial charge in [-0.3, -0.25) is 0 Å². The molecule has 226 valence electrons. The zero-order valence-electron chi connectivity index (χ0n) is 26.7. The highest BCUT2D eigenvalue weighted by molar-refractivity contribution is 6.74. The van der Waals surface area contributed by atoms with Crippen LogP contribution < -0.4 is 4.43 Å². The van der Waals surface area contributed by atoms with Gasteiger partial charge in [0.1, 0.15) is 11.4 Å². The van der Waals surface area contributed by atoms with Gasteiger partial charge in [0, 0.05) is 17.8 Å². The van der Waals surface area contributed by atoms with Crippen molar-refractivity contribution in [2.24, 2.45) is 29.1 Å². The van der Waals surface area contributed by atoms with Crippen LogP contribution >= 0.6 is 0 Å². The minimum absolute atomic E-state index is 0.168. The number of benzene rings is 1. The van der Waals surface area contributed by atoms with E-state index in [1.807, 2.05) is 0 Å². The number of aliphatic hydroxyl groups is 2. The summed E-state index contributed by atoms with van der Waals surface area (Å²) in [6.07, 6.45) is 5.67. The lowest BCUT2D eigenvalue weighted by Gasteiger charge is -2.56. The number of aliphatic hydroxyl groups excluding tert-OH is 1. The SMILES string of the molecule is CC(C)CCC1([C@@H](C)[C@@]2(O)[C@H](O)C[C@H]3[C@@H]4CCc5cc(O[Si](C)(C)C(C)(C)C)ccc5[C@H]4CC[C@@]32C)OCCO1. The largest absolute Gasteiger partial charge is 0.543 e. The van der Waals surface area contributed by atoms with Gasteiger partial charge in [0.05, 0.1) is 19.3 Å². The summed E-state index contributed by atoms with van der Waals surface area (Å²) < 4.78 is 19.3. The minimum atomic E-state index is -1.89.